The Balaban J connectivity index is 2.28. The van der Waals surface area contributed by atoms with Gasteiger partial charge < -0.3 is 5.73 Å². The van der Waals surface area contributed by atoms with Crippen molar-refractivity contribution in [3.63, 3.8) is 0 Å². The average Bonchev–Trinajstić information content (AvgIpc) is 2.71. The molecule has 0 spiro atoms. The number of pyridine rings is 1. The molecule has 0 bridgehead atoms. The number of aromatic nitrogens is 2. The Kier molecular flexibility index (Phi) is 2.56. The van der Waals surface area contributed by atoms with Crippen LogP contribution in [0.1, 0.15) is 23.0 Å². The average molecular weight is 205 g/mol. The summed E-state index contributed by atoms with van der Waals surface area (Å²) in [5, 5.41) is 1.96. The first kappa shape index (κ1) is 9.30. The highest BCUT2D eigenvalue weighted by Gasteiger charge is 2.10. The maximum absolute atomic E-state index is 6.01. The summed E-state index contributed by atoms with van der Waals surface area (Å²) in [5.74, 6) is 0. The van der Waals surface area contributed by atoms with Gasteiger partial charge in [-0.3, -0.25) is 4.98 Å². The van der Waals surface area contributed by atoms with Crippen LogP contribution in [0.4, 0.5) is 0 Å². The fourth-order valence-electron chi connectivity index (χ4n) is 1.21. The summed E-state index contributed by atoms with van der Waals surface area (Å²) < 4.78 is 0. The smallest absolute Gasteiger partial charge is 0.0795 e. The van der Waals surface area contributed by atoms with E-state index in [2.05, 4.69) is 9.97 Å². The lowest BCUT2D eigenvalue weighted by atomic mass is 10.1. The van der Waals surface area contributed by atoms with E-state index >= 15 is 0 Å². The molecular weight excluding hydrogens is 194 g/mol. The van der Waals surface area contributed by atoms with Gasteiger partial charge in [-0.05, 0) is 18.6 Å². The zero-order valence-electron chi connectivity index (χ0n) is 7.84. The standard InChI is InChI=1S/C10H11N3S/c1-7-2-3-8(4-12-7)10(11)9-5-14-6-13-9/h2-6,10H,11H2,1H3. The summed E-state index contributed by atoms with van der Waals surface area (Å²) in [6, 6.07) is 3.79. The molecule has 0 aliphatic carbocycles. The maximum Gasteiger partial charge on any atom is 0.0795 e. The van der Waals surface area contributed by atoms with Gasteiger partial charge in [0, 0.05) is 17.3 Å². The van der Waals surface area contributed by atoms with Gasteiger partial charge in [0.25, 0.3) is 0 Å². The van der Waals surface area contributed by atoms with Crippen molar-refractivity contribution in [3.05, 3.63) is 46.2 Å². The second-order valence-corrected chi connectivity index (χ2v) is 3.84. The number of thiazole rings is 1. The van der Waals surface area contributed by atoms with Crippen LogP contribution >= 0.6 is 11.3 Å². The van der Waals surface area contributed by atoms with E-state index in [-0.39, 0.29) is 6.04 Å². The number of nitrogens with zero attached hydrogens (tertiary/aromatic N) is 2. The van der Waals surface area contributed by atoms with Crippen LogP contribution in [0.15, 0.2) is 29.2 Å². The number of nitrogens with two attached hydrogens (primary N) is 1. The molecule has 0 saturated heterocycles. The Morgan fingerprint density at radius 2 is 2.21 bits per heavy atom. The molecule has 0 saturated carbocycles. The highest BCUT2D eigenvalue weighted by Crippen LogP contribution is 2.18. The summed E-state index contributed by atoms with van der Waals surface area (Å²) >= 11 is 1.55. The van der Waals surface area contributed by atoms with Crippen LogP contribution in [0.5, 0.6) is 0 Å². The van der Waals surface area contributed by atoms with Gasteiger partial charge in [0.1, 0.15) is 0 Å². The Morgan fingerprint density at radius 1 is 1.36 bits per heavy atom. The van der Waals surface area contributed by atoms with E-state index in [1.54, 1.807) is 23.0 Å². The quantitative estimate of drug-likeness (QED) is 0.814. The Bertz CT molecular complexity index is 394. The van der Waals surface area contributed by atoms with Gasteiger partial charge in [-0.1, -0.05) is 6.07 Å². The molecule has 2 heterocycles. The molecule has 72 valence electrons. The van der Waals surface area contributed by atoms with Crippen molar-refractivity contribution in [3.8, 4) is 0 Å². The third-order valence-electron chi connectivity index (χ3n) is 2.06. The highest BCUT2D eigenvalue weighted by atomic mass is 32.1. The Hall–Kier alpha value is -1.26. The van der Waals surface area contributed by atoms with Gasteiger partial charge in [-0.25, -0.2) is 4.98 Å². The molecule has 2 N–H and O–H groups in total. The minimum atomic E-state index is -0.158. The van der Waals surface area contributed by atoms with E-state index < -0.39 is 0 Å². The Morgan fingerprint density at radius 3 is 2.79 bits per heavy atom. The first-order valence-corrected chi connectivity index (χ1v) is 5.28. The summed E-state index contributed by atoms with van der Waals surface area (Å²) in [5.41, 5.74) is 10.7. The van der Waals surface area contributed by atoms with Crippen molar-refractivity contribution < 1.29 is 0 Å². The lowest BCUT2D eigenvalue weighted by Gasteiger charge is -2.08. The largest absolute Gasteiger partial charge is 0.319 e. The number of hydrogen-bond acceptors (Lipinski definition) is 4. The minimum absolute atomic E-state index is 0.158. The highest BCUT2D eigenvalue weighted by molar-refractivity contribution is 7.07. The van der Waals surface area contributed by atoms with Crippen molar-refractivity contribution >= 4 is 11.3 Å². The van der Waals surface area contributed by atoms with Crippen LogP contribution in [-0.2, 0) is 0 Å². The Labute approximate surface area is 86.6 Å². The van der Waals surface area contributed by atoms with Crippen LogP contribution in [0, 0.1) is 6.92 Å². The third-order valence-corrected chi connectivity index (χ3v) is 2.67. The van der Waals surface area contributed by atoms with E-state index in [4.69, 9.17) is 5.73 Å². The van der Waals surface area contributed by atoms with Crippen molar-refractivity contribution in [1.82, 2.24) is 9.97 Å². The second-order valence-electron chi connectivity index (χ2n) is 3.12. The summed E-state index contributed by atoms with van der Waals surface area (Å²) in [6.07, 6.45) is 1.80. The normalized spacial score (nSPS) is 12.7. The second kappa shape index (κ2) is 3.86. The van der Waals surface area contributed by atoms with Crippen molar-refractivity contribution in [2.75, 3.05) is 0 Å². The third kappa shape index (κ3) is 1.81. The lowest BCUT2D eigenvalue weighted by Crippen LogP contribution is -2.12. The topological polar surface area (TPSA) is 51.8 Å². The van der Waals surface area contributed by atoms with Gasteiger partial charge in [0.05, 0.1) is 17.2 Å². The number of hydrogen-bond donors (Lipinski definition) is 1. The van der Waals surface area contributed by atoms with E-state index in [1.165, 1.54) is 0 Å². The first-order chi connectivity index (χ1) is 6.77. The fraction of sp³-hybridized carbons (Fsp3) is 0.200. The monoisotopic (exact) mass is 205 g/mol. The van der Waals surface area contributed by atoms with E-state index in [0.29, 0.717) is 0 Å². The molecule has 0 radical (unpaired) electrons. The van der Waals surface area contributed by atoms with Crippen LogP contribution < -0.4 is 5.73 Å². The fourth-order valence-corrected chi connectivity index (χ4v) is 1.80. The minimum Gasteiger partial charge on any atom is -0.319 e. The molecule has 1 atom stereocenters. The SMILES string of the molecule is Cc1ccc(C(N)c2cscn2)cn1. The summed E-state index contributed by atoms with van der Waals surface area (Å²) in [7, 11) is 0. The molecule has 14 heavy (non-hydrogen) atoms. The predicted molar refractivity (Wildman–Crippen MR) is 57.1 cm³/mol. The van der Waals surface area contributed by atoms with Crippen LogP contribution in [0.2, 0.25) is 0 Å². The molecule has 0 aliphatic rings. The molecule has 1 unspecified atom stereocenters. The van der Waals surface area contributed by atoms with Gasteiger partial charge in [-0.2, -0.15) is 0 Å². The first-order valence-electron chi connectivity index (χ1n) is 4.33. The molecule has 0 aliphatic heterocycles. The summed E-state index contributed by atoms with van der Waals surface area (Å²) in [6.45, 7) is 1.96. The molecule has 0 amide bonds. The van der Waals surface area contributed by atoms with E-state index in [9.17, 15) is 0 Å². The van der Waals surface area contributed by atoms with Gasteiger partial charge in [-0.15, -0.1) is 11.3 Å². The van der Waals surface area contributed by atoms with Gasteiger partial charge >= 0.3 is 0 Å². The van der Waals surface area contributed by atoms with E-state index in [0.717, 1.165) is 17.0 Å². The number of rotatable bonds is 2. The summed E-state index contributed by atoms with van der Waals surface area (Å²) in [4.78, 5) is 8.39. The molecule has 2 aromatic heterocycles. The molecule has 2 aromatic rings. The van der Waals surface area contributed by atoms with Crippen molar-refractivity contribution in [2.24, 2.45) is 5.73 Å². The van der Waals surface area contributed by atoms with Crippen LogP contribution in [0.25, 0.3) is 0 Å². The molecule has 2 rings (SSSR count). The maximum atomic E-state index is 6.01. The molecule has 0 aromatic carbocycles. The number of aryl methyl sites for hydroxylation is 1. The van der Waals surface area contributed by atoms with Crippen molar-refractivity contribution in [1.29, 1.82) is 0 Å². The molecule has 4 heteroatoms. The van der Waals surface area contributed by atoms with Crippen molar-refractivity contribution in [2.45, 2.75) is 13.0 Å². The predicted octanol–water partition coefficient (Wildman–Crippen LogP) is 1.89. The lowest BCUT2D eigenvalue weighted by molar-refractivity contribution is 0.830. The van der Waals surface area contributed by atoms with E-state index in [1.807, 2.05) is 24.4 Å². The molecule has 0 fully saturated rings. The van der Waals surface area contributed by atoms with Crippen LogP contribution in [-0.4, -0.2) is 9.97 Å². The zero-order chi connectivity index (χ0) is 9.97. The molecular formula is C10H11N3S. The van der Waals surface area contributed by atoms with Gasteiger partial charge in [0.2, 0.25) is 0 Å². The molecule has 3 nitrogen and oxygen atoms in total. The zero-order valence-corrected chi connectivity index (χ0v) is 8.66. The van der Waals surface area contributed by atoms with Crippen LogP contribution in [0.3, 0.4) is 0 Å². The van der Waals surface area contributed by atoms with Gasteiger partial charge in [0.15, 0.2) is 0 Å².